The molecule has 6 nitrogen and oxygen atoms in total. The highest BCUT2D eigenvalue weighted by Gasteiger charge is 2.17. The van der Waals surface area contributed by atoms with Gasteiger partial charge >= 0.3 is 0 Å². The largest absolute Gasteiger partial charge is 0.508 e. The van der Waals surface area contributed by atoms with Gasteiger partial charge in [-0.15, -0.1) is 11.3 Å². The van der Waals surface area contributed by atoms with E-state index in [1.54, 1.807) is 19.2 Å². The molecule has 7 heteroatoms. The van der Waals surface area contributed by atoms with E-state index in [4.69, 9.17) is 14.7 Å². The molecule has 0 aliphatic heterocycles. The standard InChI is InChI=1S/C20H28N4O2S/c1-4-21-20(22-12-14-11-15(26-3)9-10-17(14)25)24(2)13-19-23-16-7-5-6-8-18(16)27-19/h9-11,25H,4-8,12-13H2,1-3H3,(H,21,22). The third kappa shape index (κ3) is 4.91. The number of methoxy groups -OCH3 is 1. The smallest absolute Gasteiger partial charge is 0.194 e. The van der Waals surface area contributed by atoms with Crippen LogP contribution in [0.1, 0.15) is 40.9 Å². The number of hydrogen-bond donors (Lipinski definition) is 2. The lowest BCUT2D eigenvalue weighted by Gasteiger charge is -2.21. The Balaban J connectivity index is 1.72. The molecule has 1 aromatic heterocycles. The summed E-state index contributed by atoms with van der Waals surface area (Å²) in [6.45, 7) is 3.94. The fraction of sp³-hybridized carbons (Fsp3) is 0.500. The van der Waals surface area contributed by atoms with Gasteiger partial charge in [-0.2, -0.15) is 0 Å². The number of hydrogen-bond acceptors (Lipinski definition) is 5. The van der Waals surface area contributed by atoms with Crippen LogP contribution in [0.25, 0.3) is 0 Å². The van der Waals surface area contributed by atoms with Crippen molar-refractivity contribution in [1.29, 1.82) is 0 Å². The van der Waals surface area contributed by atoms with Gasteiger partial charge in [0.25, 0.3) is 0 Å². The van der Waals surface area contributed by atoms with E-state index < -0.39 is 0 Å². The molecule has 1 aromatic carbocycles. The van der Waals surface area contributed by atoms with Crippen LogP contribution < -0.4 is 10.1 Å². The number of aromatic hydroxyl groups is 1. The van der Waals surface area contributed by atoms with Gasteiger partial charge in [0.15, 0.2) is 5.96 Å². The first-order valence-electron chi connectivity index (χ1n) is 9.43. The highest BCUT2D eigenvalue weighted by atomic mass is 32.1. The number of ether oxygens (including phenoxy) is 1. The van der Waals surface area contributed by atoms with Crippen molar-refractivity contribution in [1.82, 2.24) is 15.2 Å². The topological polar surface area (TPSA) is 70.0 Å². The zero-order valence-corrected chi connectivity index (χ0v) is 17.1. The second kappa shape index (κ2) is 9.08. The fourth-order valence-electron chi connectivity index (χ4n) is 3.20. The van der Waals surface area contributed by atoms with Crippen molar-refractivity contribution < 1.29 is 9.84 Å². The molecule has 0 unspecified atom stereocenters. The molecule has 2 N–H and O–H groups in total. The average molecular weight is 389 g/mol. The molecule has 0 fully saturated rings. The maximum atomic E-state index is 10.1. The summed E-state index contributed by atoms with van der Waals surface area (Å²) in [5.41, 5.74) is 2.03. The van der Waals surface area contributed by atoms with Crippen LogP contribution in [0.4, 0.5) is 0 Å². The number of fused-ring (bicyclic) bond motifs is 1. The van der Waals surface area contributed by atoms with Gasteiger partial charge < -0.3 is 20.1 Å². The zero-order valence-electron chi connectivity index (χ0n) is 16.3. The number of phenols is 1. The highest BCUT2D eigenvalue weighted by molar-refractivity contribution is 7.11. The number of aryl methyl sites for hydroxylation is 2. The van der Waals surface area contributed by atoms with Crippen LogP contribution in [-0.2, 0) is 25.9 Å². The second-order valence-electron chi connectivity index (χ2n) is 6.71. The van der Waals surface area contributed by atoms with Crippen LogP contribution in [0.5, 0.6) is 11.5 Å². The average Bonchev–Trinajstić information content (AvgIpc) is 3.08. The number of benzene rings is 1. The number of phenolic OH excluding ortho intramolecular Hbond substituents is 1. The molecule has 1 aliphatic rings. The number of aliphatic imine (C=N–C) groups is 1. The predicted molar refractivity (Wildman–Crippen MR) is 110 cm³/mol. The van der Waals surface area contributed by atoms with Gasteiger partial charge in [-0.3, -0.25) is 0 Å². The van der Waals surface area contributed by atoms with E-state index in [1.165, 1.54) is 29.8 Å². The summed E-state index contributed by atoms with van der Waals surface area (Å²) in [4.78, 5) is 13.1. The monoisotopic (exact) mass is 388 g/mol. The Morgan fingerprint density at radius 2 is 2.19 bits per heavy atom. The Hall–Kier alpha value is -2.28. The number of aromatic nitrogens is 1. The van der Waals surface area contributed by atoms with E-state index >= 15 is 0 Å². The summed E-state index contributed by atoms with van der Waals surface area (Å²) in [7, 11) is 3.64. The molecule has 2 aromatic rings. The quantitative estimate of drug-likeness (QED) is 0.587. The van der Waals surface area contributed by atoms with Crippen molar-refractivity contribution in [3.8, 4) is 11.5 Å². The maximum Gasteiger partial charge on any atom is 0.194 e. The number of rotatable bonds is 6. The minimum Gasteiger partial charge on any atom is -0.508 e. The second-order valence-corrected chi connectivity index (χ2v) is 7.87. The Morgan fingerprint density at radius 3 is 2.93 bits per heavy atom. The fourth-order valence-corrected chi connectivity index (χ4v) is 4.41. The summed E-state index contributed by atoms with van der Waals surface area (Å²) < 4.78 is 5.24. The normalized spacial score (nSPS) is 14.0. The molecule has 1 aliphatic carbocycles. The van der Waals surface area contributed by atoms with Crippen molar-refractivity contribution >= 4 is 17.3 Å². The lowest BCUT2D eigenvalue weighted by atomic mass is 10.0. The Morgan fingerprint density at radius 1 is 1.37 bits per heavy atom. The molecule has 0 bridgehead atoms. The first-order chi connectivity index (χ1) is 13.1. The van der Waals surface area contributed by atoms with Gasteiger partial charge in [-0.1, -0.05) is 0 Å². The van der Waals surface area contributed by atoms with Gasteiger partial charge in [0.1, 0.15) is 16.5 Å². The minimum atomic E-state index is 0.227. The van der Waals surface area contributed by atoms with E-state index in [1.807, 2.05) is 24.5 Å². The molecule has 0 amide bonds. The van der Waals surface area contributed by atoms with Gasteiger partial charge in [0, 0.05) is 24.0 Å². The lowest BCUT2D eigenvalue weighted by molar-refractivity contribution is 0.410. The van der Waals surface area contributed by atoms with Crippen LogP contribution in [0.3, 0.4) is 0 Å². The zero-order chi connectivity index (χ0) is 19.2. The third-order valence-corrected chi connectivity index (χ3v) is 5.79. The van der Waals surface area contributed by atoms with Gasteiger partial charge in [-0.05, 0) is 50.8 Å². The van der Waals surface area contributed by atoms with Crippen molar-refractivity contribution in [2.24, 2.45) is 4.99 Å². The molecule has 0 saturated carbocycles. The van der Waals surface area contributed by atoms with E-state index in [2.05, 4.69) is 17.1 Å². The van der Waals surface area contributed by atoms with Crippen LogP contribution in [0, 0.1) is 0 Å². The molecule has 3 rings (SSSR count). The van der Waals surface area contributed by atoms with Gasteiger partial charge in [0.05, 0.1) is 25.9 Å². The SMILES string of the molecule is CCNC(=NCc1cc(OC)ccc1O)N(C)Cc1nc2c(s1)CCCC2. The van der Waals surface area contributed by atoms with E-state index in [-0.39, 0.29) is 5.75 Å². The Kier molecular flexibility index (Phi) is 6.55. The number of nitrogens with one attached hydrogen (secondary N) is 1. The summed E-state index contributed by atoms with van der Waals surface area (Å²) >= 11 is 1.83. The number of guanidine groups is 1. The van der Waals surface area contributed by atoms with E-state index in [0.717, 1.165) is 36.0 Å². The molecule has 0 radical (unpaired) electrons. The summed E-state index contributed by atoms with van der Waals surface area (Å²) in [6, 6.07) is 5.20. The van der Waals surface area contributed by atoms with Crippen molar-refractivity contribution in [3.05, 3.63) is 39.3 Å². The highest BCUT2D eigenvalue weighted by Crippen LogP contribution is 2.27. The molecule has 0 saturated heterocycles. The minimum absolute atomic E-state index is 0.227. The third-order valence-electron chi connectivity index (χ3n) is 4.64. The molecule has 1 heterocycles. The Labute approximate surface area is 164 Å². The predicted octanol–water partition coefficient (Wildman–Crippen LogP) is 3.33. The first kappa shape index (κ1) is 19.5. The summed E-state index contributed by atoms with van der Waals surface area (Å²) in [5.74, 6) is 1.74. The Bertz CT molecular complexity index is 780. The van der Waals surface area contributed by atoms with Crippen molar-refractivity contribution in [2.75, 3.05) is 20.7 Å². The molecule has 27 heavy (non-hydrogen) atoms. The molecule has 0 atom stereocenters. The van der Waals surface area contributed by atoms with Crippen LogP contribution >= 0.6 is 11.3 Å². The first-order valence-corrected chi connectivity index (χ1v) is 10.2. The summed E-state index contributed by atoms with van der Waals surface area (Å²) in [5, 5.41) is 14.5. The van der Waals surface area contributed by atoms with Crippen LogP contribution in [-0.4, -0.2) is 41.7 Å². The molecule has 146 valence electrons. The van der Waals surface area contributed by atoms with Gasteiger partial charge in [-0.25, -0.2) is 9.98 Å². The van der Waals surface area contributed by atoms with Crippen molar-refractivity contribution in [3.63, 3.8) is 0 Å². The molecular weight excluding hydrogens is 360 g/mol. The summed E-state index contributed by atoms with van der Waals surface area (Å²) in [6.07, 6.45) is 4.80. The number of nitrogens with zero attached hydrogens (tertiary/aromatic N) is 3. The van der Waals surface area contributed by atoms with E-state index in [9.17, 15) is 5.11 Å². The number of thiazole rings is 1. The van der Waals surface area contributed by atoms with Gasteiger partial charge in [0.2, 0.25) is 0 Å². The van der Waals surface area contributed by atoms with Crippen molar-refractivity contribution in [2.45, 2.75) is 45.7 Å². The van der Waals surface area contributed by atoms with Crippen LogP contribution in [0.2, 0.25) is 0 Å². The lowest BCUT2D eigenvalue weighted by Crippen LogP contribution is -2.38. The molecular formula is C20H28N4O2S. The maximum absolute atomic E-state index is 10.1. The van der Waals surface area contributed by atoms with E-state index in [0.29, 0.717) is 12.3 Å². The molecule has 0 spiro atoms. The van der Waals surface area contributed by atoms with Crippen LogP contribution in [0.15, 0.2) is 23.2 Å².